The van der Waals surface area contributed by atoms with Crippen LogP contribution in [0.1, 0.15) is 11.1 Å². The minimum atomic E-state index is 0. The molecule has 0 N–H and O–H groups in total. The third-order valence-electron chi connectivity index (χ3n) is 3.92. The van der Waals surface area contributed by atoms with Crippen LogP contribution in [0, 0.1) is 0 Å². The van der Waals surface area contributed by atoms with Gasteiger partial charge in [-0.1, -0.05) is 30.3 Å². The summed E-state index contributed by atoms with van der Waals surface area (Å²) in [6, 6.07) is 19.7. The number of rotatable bonds is 0. The first-order chi connectivity index (χ1) is 8.84. The molecule has 0 aliphatic heterocycles. The fourth-order valence-corrected chi connectivity index (χ4v) is 3.11. The summed E-state index contributed by atoms with van der Waals surface area (Å²) in [6.07, 6.45) is 1.06. The number of pyridine rings is 1. The van der Waals surface area contributed by atoms with Gasteiger partial charge in [0.2, 0.25) is 11.2 Å². The number of para-hydroxylation sites is 1. The molecule has 1 aliphatic carbocycles. The van der Waals surface area contributed by atoms with Crippen molar-refractivity contribution >= 4 is 10.9 Å². The molecule has 1 aliphatic rings. The third-order valence-corrected chi connectivity index (χ3v) is 3.92. The van der Waals surface area contributed by atoms with Crippen LogP contribution in [0.5, 0.6) is 0 Å². The summed E-state index contributed by atoms with van der Waals surface area (Å²) in [4.78, 5) is 0. The summed E-state index contributed by atoms with van der Waals surface area (Å²) >= 11 is 0. The quantitative estimate of drug-likeness (QED) is 0.313. The van der Waals surface area contributed by atoms with Crippen LogP contribution in [0.15, 0.2) is 54.6 Å². The molecular weight excluding hydrogens is 345 g/mol. The summed E-state index contributed by atoms with van der Waals surface area (Å²) in [6.45, 7) is 0. The predicted octanol–water partition coefficient (Wildman–Crippen LogP) is 0.239. The molecule has 1 heterocycles. The van der Waals surface area contributed by atoms with E-state index in [-0.39, 0.29) is 24.0 Å². The van der Waals surface area contributed by atoms with Gasteiger partial charge in [0, 0.05) is 29.0 Å². The Bertz CT molecular complexity index is 777. The second-order valence-corrected chi connectivity index (χ2v) is 4.97. The zero-order valence-corrected chi connectivity index (χ0v) is 12.9. The third kappa shape index (κ3) is 1.77. The maximum atomic E-state index is 2.34. The SMILES string of the molecule is C[n+]1c2c(cc3ccccc31)Cc1ccccc1-2.[I-]. The molecule has 19 heavy (non-hydrogen) atoms. The molecule has 0 saturated heterocycles. The van der Waals surface area contributed by atoms with Crippen LogP contribution < -0.4 is 28.5 Å². The van der Waals surface area contributed by atoms with Gasteiger partial charge < -0.3 is 24.0 Å². The molecule has 3 aromatic rings. The highest BCUT2D eigenvalue weighted by molar-refractivity contribution is 5.82. The Kier molecular flexibility index (Phi) is 3.05. The van der Waals surface area contributed by atoms with E-state index in [0.29, 0.717) is 0 Å². The average molecular weight is 359 g/mol. The van der Waals surface area contributed by atoms with Gasteiger partial charge in [-0.15, -0.1) is 0 Å². The Morgan fingerprint density at radius 1 is 0.895 bits per heavy atom. The monoisotopic (exact) mass is 359 g/mol. The molecule has 0 saturated carbocycles. The van der Waals surface area contributed by atoms with E-state index in [0.717, 1.165) is 6.42 Å². The van der Waals surface area contributed by atoms with E-state index in [1.54, 1.807) is 0 Å². The van der Waals surface area contributed by atoms with Gasteiger partial charge in [-0.25, -0.2) is 0 Å². The van der Waals surface area contributed by atoms with Crippen LogP contribution in [0.25, 0.3) is 22.2 Å². The number of benzene rings is 2. The van der Waals surface area contributed by atoms with Gasteiger partial charge >= 0.3 is 0 Å². The maximum absolute atomic E-state index is 2.34. The number of aromatic nitrogens is 1. The molecule has 1 nitrogen and oxygen atoms in total. The highest BCUT2D eigenvalue weighted by atomic mass is 127. The molecule has 1 aromatic heterocycles. The van der Waals surface area contributed by atoms with E-state index in [2.05, 4.69) is 66.2 Å². The van der Waals surface area contributed by atoms with E-state index in [1.165, 1.54) is 33.3 Å². The van der Waals surface area contributed by atoms with Crippen molar-refractivity contribution in [2.75, 3.05) is 0 Å². The van der Waals surface area contributed by atoms with Crippen molar-refractivity contribution in [1.29, 1.82) is 0 Å². The lowest BCUT2D eigenvalue weighted by atomic mass is 10.1. The summed E-state index contributed by atoms with van der Waals surface area (Å²) < 4.78 is 2.33. The molecule has 0 radical (unpaired) electrons. The van der Waals surface area contributed by atoms with Crippen LogP contribution >= 0.6 is 0 Å². The van der Waals surface area contributed by atoms with E-state index >= 15 is 0 Å². The number of fused-ring (bicyclic) bond motifs is 4. The first-order valence-corrected chi connectivity index (χ1v) is 6.33. The maximum Gasteiger partial charge on any atom is 0.216 e. The molecule has 94 valence electrons. The van der Waals surface area contributed by atoms with Gasteiger partial charge in [0.15, 0.2) is 0 Å². The van der Waals surface area contributed by atoms with Gasteiger partial charge in [0.1, 0.15) is 7.05 Å². The van der Waals surface area contributed by atoms with E-state index in [9.17, 15) is 0 Å². The summed E-state index contributed by atoms with van der Waals surface area (Å²) in [7, 11) is 2.17. The second-order valence-electron chi connectivity index (χ2n) is 4.97. The first kappa shape index (κ1) is 12.6. The smallest absolute Gasteiger partial charge is 0.216 e. The molecule has 4 rings (SSSR count). The van der Waals surface area contributed by atoms with Crippen LogP contribution in [0.4, 0.5) is 0 Å². The fraction of sp³-hybridized carbons (Fsp3) is 0.118. The summed E-state index contributed by atoms with van der Waals surface area (Å²) in [5.41, 5.74) is 6.95. The number of hydrogen-bond donors (Lipinski definition) is 0. The zero-order valence-electron chi connectivity index (χ0n) is 10.7. The Morgan fingerprint density at radius 2 is 1.63 bits per heavy atom. The van der Waals surface area contributed by atoms with Crippen LogP contribution in [0.3, 0.4) is 0 Å². The Balaban J connectivity index is 0.00000110. The van der Waals surface area contributed by atoms with Gasteiger partial charge in [-0.3, -0.25) is 0 Å². The van der Waals surface area contributed by atoms with Gasteiger partial charge in [0.05, 0.1) is 0 Å². The lowest BCUT2D eigenvalue weighted by molar-refractivity contribution is -0.633. The molecule has 0 fully saturated rings. The van der Waals surface area contributed by atoms with Crippen molar-refractivity contribution in [2.24, 2.45) is 7.05 Å². The fourth-order valence-electron chi connectivity index (χ4n) is 3.11. The number of aryl methyl sites for hydroxylation is 1. The first-order valence-electron chi connectivity index (χ1n) is 6.33. The minimum Gasteiger partial charge on any atom is -1.00 e. The molecule has 2 heteroatoms. The molecule has 0 unspecified atom stereocenters. The van der Waals surface area contributed by atoms with E-state index in [4.69, 9.17) is 0 Å². The van der Waals surface area contributed by atoms with E-state index < -0.39 is 0 Å². The lowest BCUT2D eigenvalue weighted by Gasteiger charge is -2.03. The number of halogens is 1. The van der Waals surface area contributed by atoms with Crippen molar-refractivity contribution in [3.05, 3.63) is 65.7 Å². The largest absolute Gasteiger partial charge is 1.00 e. The highest BCUT2D eigenvalue weighted by Gasteiger charge is 2.27. The van der Waals surface area contributed by atoms with Crippen molar-refractivity contribution < 1.29 is 28.5 Å². The Labute approximate surface area is 129 Å². The highest BCUT2D eigenvalue weighted by Crippen LogP contribution is 2.35. The van der Waals surface area contributed by atoms with Crippen molar-refractivity contribution in [2.45, 2.75) is 6.42 Å². The van der Waals surface area contributed by atoms with Gasteiger partial charge in [-0.2, -0.15) is 4.57 Å². The average Bonchev–Trinajstić information content (AvgIpc) is 2.77. The van der Waals surface area contributed by atoms with Crippen molar-refractivity contribution in [1.82, 2.24) is 0 Å². The van der Waals surface area contributed by atoms with E-state index in [1.807, 2.05) is 0 Å². The molecular formula is C17H14IN. The van der Waals surface area contributed by atoms with Gasteiger partial charge in [0.25, 0.3) is 0 Å². The normalized spacial score (nSPS) is 11.8. The summed E-state index contributed by atoms with van der Waals surface area (Å²) in [5, 5.41) is 1.33. The number of hydrogen-bond acceptors (Lipinski definition) is 0. The molecule has 2 aromatic carbocycles. The van der Waals surface area contributed by atoms with Crippen molar-refractivity contribution in [3.8, 4) is 11.3 Å². The Morgan fingerprint density at radius 3 is 2.53 bits per heavy atom. The molecule has 0 spiro atoms. The van der Waals surface area contributed by atoms with Crippen LogP contribution in [-0.4, -0.2) is 0 Å². The molecule has 0 amide bonds. The zero-order chi connectivity index (χ0) is 12.1. The lowest BCUT2D eigenvalue weighted by Crippen LogP contribution is -3.00. The van der Waals surface area contributed by atoms with Crippen LogP contribution in [0.2, 0.25) is 0 Å². The number of nitrogens with zero attached hydrogens (tertiary/aromatic N) is 1. The molecule has 0 atom stereocenters. The summed E-state index contributed by atoms with van der Waals surface area (Å²) in [5.74, 6) is 0. The van der Waals surface area contributed by atoms with Gasteiger partial charge in [-0.05, 0) is 23.8 Å². The van der Waals surface area contributed by atoms with Crippen molar-refractivity contribution in [3.63, 3.8) is 0 Å². The van der Waals surface area contributed by atoms with Crippen LogP contribution in [-0.2, 0) is 13.5 Å². The second kappa shape index (κ2) is 4.60. The standard InChI is InChI=1S/C17H14N.HI/c1-18-16-9-5-3-7-13(16)11-14-10-12-6-2-4-8-15(12)17(14)18;/h2-9,11H,10H2,1H3;1H/q+1;/p-1. The minimum absolute atomic E-state index is 0. The molecule has 0 bridgehead atoms. The Hall–Kier alpha value is -1.42. The predicted molar refractivity (Wildman–Crippen MR) is 73.4 cm³/mol. The topological polar surface area (TPSA) is 3.88 Å².